The normalized spacial score (nSPS) is 12.0. The molecule has 0 saturated carbocycles. The van der Waals surface area contributed by atoms with E-state index in [0.717, 1.165) is 5.56 Å². The lowest BCUT2D eigenvalue weighted by Crippen LogP contribution is -2.32. The monoisotopic (exact) mass is 290 g/mol. The Balaban J connectivity index is 2.00. The molecule has 2 N–H and O–H groups in total. The maximum Gasteiger partial charge on any atom is 0.320 e. The van der Waals surface area contributed by atoms with Crippen molar-refractivity contribution in [3.8, 4) is 0 Å². The van der Waals surface area contributed by atoms with E-state index in [0.29, 0.717) is 17.9 Å². The summed E-state index contributed by atoms with van der Waals surface area (Å²) in [5, 5.41) is 9.57. The maximum absolute atomic E-state index is 13.5. The Morgan fingerprint density at radius 2 is 2.19 bits per heavy atom. The predicted molar refractivity (Wildman–Crippen MR) is 79.6 cm³/mol. The fourth-order valence-electron chi connectivity index (χ4n) is 2.00. The zero-order valence-electron chi connectivity index (χ0n) is 12.4. The zero-order chi connectivity index (χ0) is 15.4. The Kier molecular flexibility index (Phi) is 4.57. The van der Waals surface area contributed by atoms with E-state index < -0.39 is 0 Å². The fraction of sp³-hybridized carbons (Fsp3) is 0.333. The average Bonchev–Trinajstić information content (AvgIpc) is 2.88. The second-order valence-corrected chi connectivity index (χ2v) is 4.86. The molecule has 1 heterocycles. The number of nitrogens with one attached hydrogen (secondary N) is 2. The van der Waals surface area contributed by atoms with Crippen LogP contribution in [0.15, 0.2) is 30.5 Å². The maximum atomic E-state index is 13.5. The molecule has 21 heavy (non-hydrogen) atoms. The molecule has 0 aliphatic heterocycles. The highest BCUT2D eigenvalue weighted by Gasteiger charge is 2.12. The Morgan fingerprint density at radius 3 is 2.86 bits per heavy atom. The summed E-state index contributed by atoms with van der Waals surface area (Å²) in [5.74, 6) is 0.350. The number of nitrogens with zero attached hydrogens (tertiary/aromatic N) is 2. The summed E-state index contributed by atoms with van der Waals surface area (Å²) in [6.45, 7) is 6.12. The van der Waals surface area contributed by atoms with Crippen LogP contribution in [0.25, 0.3) is 0 Å². The number of anilines is 1. The van der Waals surface area contributed by atoms with Crippen LogP contribution in [0.1, 0.15) is 31.0 Å². The van der Waals surface area contributed by atoms with Crippen LogP contribution in [-0.4, -0.2) is 15.8 Å². The Hall–Kier alpha value is -2.37. The zero-order valence-corrected chi connectivity index (χ0v) is 12.4. The van der Waals surface area contributed by atoms with Crippen molar-refractivity contribution in [1.82, 2.24) is 15.1 Å². The molecule has 2 aromatic rings. The minimum atomic E-state index is -0.348. The summed E-state index contributed by atoms with van der Waals surface area (Å²) in [5.41, 5.74) is 1.31. The molecule has 2 rings (SSSR count). The predicted octanol–water partition coefficient (Wildman–Crippen LogP) is 3.23. The third-order valence-corrected chi connectivity index (χ3v) is 3.30. The number of carbonyl (C=O) groups is 1. The van der Waals surface area contributed by atoms with Gasteiger partial charge in [0.2, 0.25) is 0 Å². The smallest absolute Gasteiger partial charge is 0.320 e. The number of rotatable bonds is 4. The Morgan fingerprint density at radius 1 is 1.43 bits per heavy atom. The van der Waals surface area contributed by atoms with Gasteiger partial charge in [0.15, 0.2) is 0 Å². The van der Waals surface area contributed by atoms with Crippen molar-refractivity contribution in [1.29, 1.82) is 0 Å². The van der Waals surface area contributed by atoms with Crippen LogP contribution in [0.4, 0.5) is 15.0 Å². The first-order chi connectivity index (χ1) is 10.0. The second-order valence-electron chi connectivity index (χ2n) is 4.86. The van der Waals surface area contributed by atoms with E-state index in [1.807, 2.05) is 6.92 Å². The van der Waals surface area contributed by atoms with Gasteiger partial charge in [-0.25, -0.2) is 13.9 Å². The van der Waals surface area contributed by atoms with Crippen LogP contribution in [0.2, 0.25) is 0 Å². The van der Waals surface area contributed by atoms with Gasteiger partial charge in [-0.3, -0.25) is 5.32 Å². The summed E-state index contributed by atoms with van der Waals surface area (Å²) in [6, 6.07) is 6.03. The molecule has 0 spiro atoms. The van der Waals surface area contributed by atoms with Crippen molar-refractivity contribution in [2.24, 2.45) is 0 Å². The highest BCUT2D eigenvalue weighted by molar-refractivity contribution is 5.88. The molecule has 1 atom stereocenters. The molecule has 0 aliphatic rings. The number of aromatic nitrogens is 2. The lowest BCUT2D eigenvalue weighted by Gasteiger charge is -2.16. The highest BCUT2D eigenvalue weighted by atomic mass is 19.1. The summed E-state index contributed by atoms with van der Waals surface area (Å²) in [4.78, 5) is 12.0. The van der Waals surface area contributed by atoms with Crippen LogP contribution in [0, 0.1) is 12.7 Å². The standard InChI is InChI=1S/C15H19FN4O/c1-4-20-14(7-8-17-20)19-15(21)18-11(3)12-6-5-10(2)13(16)9-12/h5-9,11H,4H2,1-3H3,(H2,18,19,21)/t11-/m1/s1. The van der Waals surface area contributed by atoms with Crippen LogP contribution in [-0.2, 0) is 6.54 Å². The average molecular weight is 290 g/mol. The molecule has 0 aliphatic carbocycles. The number of hydrogen-bond donors (Lipinski definition) is 2. The van der Waals surface area contributed by atoms with E-state index in [4.69, 9.17) is 0 Å². The van der Waals surface area contributed by atoms with Crippen molar-refractivity contribution < 1.29 is 9.18 Å². The molecule has 1 aromatic heterocycles. The first-order valence-electron chi connectivity index (χ1n) is 6.86. The van der Waals surface area contributed by atoms with Gasteiger partial charge >= 0.3 is 6.03 Å². The molecule has 0 fully saturated rings. The van der Waals surface area contributed by atoms with Gasteiger partial charge in [-0.05, 0) is 38.0 Å². The highest BCUT2D eigenvalue weighted by Crippen LogP contribution is 2.16. The topological polar surface area (TPSA) is 59.0 Å². The van der Waals surface area contributed by atoms with Crippen molar-refractivity contribution in [3.63, 3.8) is 0 Å². The number of halogens is 1. The van der Waals surface area contributed by atoms with Gasteiger partial charge in [-0.1, -0.05) is 12.1 Å². The van der Waals surface area contributed by atoms with Gasteiger partial charge in [0.25, 0.3) is 0 Å². The molecular formula is C15H19FN4O. The number of amides is 2. The van der Waals surface area contributed by atoms with Gasteiger partial charge in [0, 0.05) is 12.6 Å². The van der Waals surface area contributed by atoms with Gasteiger partial charge in [-0.15, -0.1) is 0 Å². The number of aryl methyl sites for hydroxylation is 2. The van der Waals surface area contributed by atoms with Crippen molar-refractivity contribution in [3.05, 3.63) is 47.4 Å². The molecule has 1 aromatic carbocycles. The van der Waals surface area contributed by atoms with E-state index in [9.17, 15) is 9.18 Å². The lowest BCUT2D eigenvalue weighted by atomic mass is 10.1. The molecule has 0 bridgehead atoms. The first kappa shape index (κ1) is 15.0. The number of carbonyl (C=O) groups excluding carboxylic acids is 1. The summed E-state index contributed by atoms with van der Waals surface area (Å²) in [7, 11) is 0. The van der Waals surface area contributed by atoms with E-state index >= 15 is 0 Å². The molecule has 112 valence electrons. The lowest BCUT2D eigenvalue weighted by molar-refractivity contribution is 0.249. The van der Waals surface area contributed by atoms with Gasteiger partial charge < -0.3 is 5.32 Å². The van der Waals surface area contributed by atoms with Crippen LogP contribution < -0.4 is 10.6 Å². The van der Waals surface area contributed by atoms with E-state index in [1.165, 1.54) is 6.07 Å². The van der Waals surface area contributed by atoms with Crippen molar-refractivity contribution in [2.75, 3.05) is 5.32 Å². The fourth-order valence-corrected chi connectivity index (χ4v) is 2.00. The van der Waals surface area contributed by atoms with E-state index in [1.54, 1.807) is 42.9 Å². The number of hydrogen-bond acceptors (Lipinski definition) is 2. The molecule has 5 nitrogen and oxygen atoms in total. The summed E-state index contributed by atoms with van der Waals surface area (Å²) < 4.78 is 15.2. The molecule has 2 amide bonds. The minimum Gasteiger partial charge on any atom is -0.331 e. The van der Waals surface area contributed by atoms with Crippen LogP contribution >= 0.6 is 0 Å². The number of urea groups is 1. The van der Waals surface area contributed by atoms with Gasteiger partial charge in [-0.2, -0.15) is 5.10 Å². The minimum absolute atomic E-state index is 0.273. The third-order valence-electron chi connectivity index (χ3n) is 3.30. The molecule has 6 heteroatoms. The SMILES string of the molecule is CCn1nccc1NC(=O)N[C@H](C)c1ccc(C)c(F)c1. The molecule has 0 radical (unpaired) electrons. The van der Waals surface area contributed by atoms with Crippen LogP contribution in [0.5, 0.6) is 0 Å². The number of benzene rings is 1. The summed E-state index contributed by atoms with van der Waals surface area (Å²) >= 11 is 0. The van der Waals surface area contributed by atoms with Crippen molar-refractivity contribution >= 4 is 11.8 Å². The van der Waals surface area contributed by atoms with Crippen molar-refractivity contribution in [2.45, 2.75) is 33.4 Å². The van der Waals surface area contributed by atoms with E-state index in [-0.39, 0.29) is 17.9 Å². The van der Waals surface area contributed by atoms with E-state index in [2.05, 4.69) is 15.7 Å². The van der Waals surface area contributed by atoms with Crippen LogP contribution in [0.3, 0.4) is 0 Å². The van der Waals surface area contributed by atoms with Gasteiger partial charge in [0.1, 0.15) is 11.6 Å². The van der Waals surface area contributed by atoms with Gasteiger partial charge in [0.05, 0.1) is 12.2 Å². The largest absolute Gasteiger partial charge is 0.331 e. The molecule has 0 unspecified atom stereocenters. The quantitative estimate of drug-likeness (QED) is 0.908. The molecular weight excluding hydrogens is 271 g/mol. The second kappa shape index (κ2) is 6.39. The molecule has 0 saturated heterocycles. The Labute approximate surface area is 123 Å². The Bertz CT molecular complexity index is 638. The summed E-state index contributed by atoms with van der Waals surface area (Å²) in [6.07, 6.45) is 1.62. The first-order valence-corrected chi connectivity index (χ1v) is 6.86. The third kappa shape index (κ3) is 3.59.